The summed E-state index contributed by atoms with van der Waals surface area (Å²) in [5.74, 6) is 1.12. The maximum atomic E-state index is 13.2. The van der Waals surface area contributed by atoms with E-state index in [1.54, 1.807) is 37.3 Å². The lowest BCUT2D eigenvalue weighted by molar-refractivity contribution is -0.142. The minimum atomic E-state index is -0.586. The number of rotatable bonds is 11. The van der Waals surface area contributed by atoms with Crippen molar-refractivity contribution in [1.29, 1.82) is 0 Å². The number of aryl methyl sites for hydroxylation is 1. The van der Waals surface area contributed by atoms with Gasteiger partial charge >= 0.3 is 0 Å². The number of methoxy groups -OCH3 is 2. The molecule has 0 aliphatic carbocycles. The zero-order chi connectivity index (χ0) is 22.8. The van der Waals surface area contributed by atoms with Crippen LogP contribution in [0.3, 0.4) is 0 Å². The molecule has 0 fully saturated rings. The highest BCUT2D eigenvalue weighted by molar-refractivity contribution is 5.88. The first-order valence-corrected chi connectivity index (χ1v) is 10.4. The maximum absolute atomic E-state index is 13.2. The Balaban J connectivity index is 2.22. The second kappa shape index (κ2) is 11.8. The SMILES string of the molecule is CCNC(=O)[C@@H](CC)N(Cc1ccc(C)cc1)C(=O)COc1cc(OC)cc(OC)c1. The van der Waals surface area contributed by atoms with E-state index in [0.29, 0.717) is 36.8 Å². The highest BCUT2D eigenvalue weighted by Gasteiger charge is 2.28. The van der Waals surface area contributed by atoms with E-state index >= 15 is 0 Å². The normalized spacial score (nSPS) is 11.4. The Morgan fingerprint density at radius 3 is 2.06 bits per heavy atom. The number of benzene rings is 2. The smallest absolute Gasteiger partial charge is 0.261 e. The van der Waals surface area contributed by atoms with Crippen LogP contribution in [0.1, 0.15) is 31.4 Å². The average Bonchev–Trinajstić information content (AvgIpc) is 2.78. The van der Waals surface area contributed by atoms with Gasteiger partial charge in [0, 0.05) is 31.3 Å². The van der Waals surface area contributed by atoms with Gasteiger partial charge in [0.1, 0.15) is 23.3 Å². The lowest BCUT2D eigenvalue weighted by Crippen LogP contribution is -2.50. The third-order valence-electron chi connectivity index (χ3n) is 4.90. The van der Waals surface area contributed by atoms with Gasteiger partial charge in [-0.25, -0.2) is 0 Å². The average molecular weight is 429 g/mol. The molecular weight excluding hydrogens is 396 g/mol. The fourth-order valence-electron chi connectivity index (χ4n) is 3.19. The van der Waals surface area contributed by atoms with Crippen LogP contribution in [0.15, 0.2) is 42.5 Å². The van der Waals surface area contributed by atoms with Crippen molar-refractivity contribution in [3.63, 3.8) is 0 Å². The first-order valence-electron chi connectivity index (χ1n) is 10.4. The van der Waals surface area contributed by atoms with Gasteiger partial charge in [0.15, 0.2) is 6.61 Å². The minimum absolute atomic E-state index is 0.173. The van der Waals surface area contributed by atoms with Crippen LogP contribution in [0.25, 0.3) is 0 Å². The van der Waals surface area contributed by atoms with Crippen molar-refractivity contribution >= 4 is 11.8 Å². The van der Waals surface area contributed by atoms with Gasteiger partial charge < -0.3 is 24.4 Å². The molecule has 2 aromatic carbocycles. The zero-order valence-corrected chi connectivity index (χ0v) is 18.9. The van der Waals surface area contributed by atoms with Crippen LogP contribution in [0.4, 0.5) is 0 Å². The second-order valence-corrected chi connectivity index (χ2v) is 7.16. The largest absolute Gasteiger partial charge is 0.496 e. The summed E-state index contributed by atoms with van der Waals surface area (Å²) in [6, 6.07) is 12.4. The standard InChI is InChI=1S/C24H32N2O5/c1-6-22(24(28)25-7-2)26(15-18-10-8-17(3)9-11-18)23(27)16-31-21-13-19(29-4)12-20(14-21)30-5/h8-14,22H,6-7,15-16H2,1-5H3,(H,25,28)/t22-/m1/s1. The van der Waals surface area contributed by atoms with Crippen molar-refractivity contribution in [2.45, 2.75) is 39.8 Å². The molecule has 0 saturated heterocycles. The summed E-state index contributed by atoms with van der Waals surface area (Å²) in [5, 5.41) is 2.82. The molecule has 1 atom stereocenters. The lowest BCUT2D eigenvalue weighted by Gasteiger charge is -2.30. The third-order valence-corrected chi connectivity index (χ3v) is 4.90. The summed E-state index contributed by atoms with van der Waals surface area (Å²) in [5.41, 5.74) is 2.08. The van der Waals surface area contributed by atoms with E-state index < -0.39 is 6.04 Å². The van der Waals surface area contributed by atoms with Crippen molar-refractivity contribution in [3.8, 4) is 17.2 Å². The van der Waals surface area contributed by atoms with Gasteiger partial charge in [0.25, 0.3) is 5.91 Å². The number of carbonyl (C=O) groups is 2. The number of ether oxygens (including phenoxy) is 3. The van der Waals surface area contributed by atoms with Gasteiger partial charge in [-0.3, -0.25) is 9.59 Å². The molecule has 2 amide bonds. The Hall–Kier alpha value is -3.22. The summed E-state index contributed by atoms with van der Waals surface area (Å²) in [4.78, 5) is 27.4. The first-order chi connectivity index (χ1) is 14.9. The molecule has 31 heavy (non-hydrogen) atoms. The lowest BCUT2D eigenvalue weighted by atomic mass is 10.1. The van der Waals surface area contributed by atoms with Crippen LogP contribution < -0.4 is 19.5 Å². The molecule has 7 nitrogen and oxygen atoms in total. The molecular formula is C24H32N2O5. The number of likely N-dealkylation sites (N-methyl/N-ethyl adjacent to an activating group) is 1. The van der Waals surface area contributed by atoms with Crippen molar-refractivity contribution < 1.29 is 23.8 Å². The first kappa shape index (κ1) is 24.1. The molecule has 2 rings (SSSR count). The number of amides is 2. The van der Waals surface area contributed by atoms with Crippen molar-refractivity contribution in [2.75, 3.05) is 27.4 Å². The van der Waals surface area contributed by atoms with Crippen LogP contribution in [0, 0.1) is 6.92 Å². The number of carbonyl (C=O) groups excluding carboxylic acids is 2. The third kappa shape index (κ3) is 6.91. The van der Waals surface area contributed by atoms with Gasteiger partial charge in [0.05, 0.1) is 14.2 Å². The van der Waals surface area contributed by atoms with Crippen LogP contribution in [0.5, 0.6) is 17.2 Å². The van der Waals surface area contributed by atoms with E-state index in [1.165, 1.54) is 0 Å². The molecule has 0 aliphatic rings. The highest BCUT2D eigenvalue weighted by Crippen LogP contribution is 2.27. The Morgan fingerprint density at radius 1 is 0.968 bits per heavy atom. The van der Waals surface area contributed by atoms with Gasteiger partial charge in [-0.2, -0.15) is 0 Å². The van der Waals surface area contributed by atoms with E-state index in [0.717, 1.165) is 11.1 Å². The van der Waals surface area contributed by atoms with E-state index in [4.69, 9.17) is 14.2 Å². The maximum Gasteiger partial charge on any atom is 0.261 e. The molecule has 0 spiro atoms. The number of hydrogen-bond donors (Lipinski definition) is 1. The molecule has 1 N–H and O–H groups in total. The molecule has 2 aromatic rings. The number of nitrogens with zero attached hydrogens (tertiary/aromatic N) is 1. The topological polar surface area (TPSA) is 77.1 Å². The van der Waals surface area contributed by atoms with Gasteiger partial charge in [-0.15, -0.1) is 0 Å². The zero-order valence-electron chi connectivity index (χ0n) is 18.9. The van der Waals surface area contributed by atoms with E-state index in [-0.39, 0.29) is 18.4 Å². The predicted molar refractivity (Wildman–Crippen MR) is 120 cm³/mol. The van der Waals surface area contributed by atoms with Crippen molar-refractivity contribution in [2.24, 2.45) is 0 Å². The molecule has 0 aromatic heterocycles. The van der Waals surface area contributed by atoms with Crippen LogP contribution in [0.2, 0.25) is 0 Å². The monoisotopic (exact) mass is 428 g/mol. The second-order valence-electron chi connectivity index (χ2n) is 7.16. The molecule has 0 aliphatic heterocycles. The molecule has 0 heterocycles. The van der Waals surface area contributed by atoms with E-state index in [2.05, 4.69) is 5.32 Å². The molecule has 0 radical (unpaired) electrons. The van der Waals surface area contributed by atoms with Gasteiger partial charge in [0.2, 0.25) is 5.91 Å². The van der Waals surface area contributed by atoms with Crippen molar-refractivity contribution in [3.05, 3.63) is 53.6 Å². The fraction of sp³-hybridized carbons (Fsp3) is 0.417. The van der Waals surface area contributed by atoms with Crippen LogP contribution in [-0.2, 0) is 16.1 Å². The van der Waals surface area contributed by atoms with E-state index in [1.807, 2.05) is 45.0 Å². The van der Waals surface area contributed by atoms with Gasteiger partial charge in [-0.1, -0.05) is 36.8 Å². The highest BCUT2D eigenvalue weighted by atomic mass is 16.5. The summed E-state index contributed by atoms with van der Waals surface area (Å²) in [6.45, 7) is 6.37. The summed E-state index contributed by atoms with van der Waals surface area (Å²) < 4.78 is 16.2. The van der Waals surface area contributed by atoms with Gasteiger partial charge in [-0.05, 0) is 25.8 Å². The Kier molecular flexibility index (Phi) is 9.18. The summed E-state index contributed by atoms with van der Waals surface area (Å²) in [6.07, 6.45) is 0.496. The minimum Gasteiger partial charge on any atom is -0.496 e. The molecule has 168 valence electrons. The molecule has 7 heteroatoms. The van der Waals surface area contributed by atoms with Crippen LogP contribution in [-0.4, -0.2) is 50.1 Å². The molecule has 0 saturated carbocycles. The fourth-order valence-corrected chi connectivity index (χ4v) is 3.19. The number of nitrogens with one attached hydrogen (secondary N) is 1. The predicted octanol–water partition coefficient (Wildman–Crippen LogP) is 3.33. The quantitative estimate of drug-likeness (QED) is 0.594. The molecule has 0 bridgehead atoms. The number of hydrogen-bond acceptors (Lipinski definition) is 5. The Bertz CT molecular complexity index is 845. The van der Waals surface area contributed by atoms with Crippen LogP contribution >= 0.6 is 0 Å². The Morgan fingerprint density at radius 2 is 1.55 bits per heavy atom. The molecule has 0 unspecified atom stereocenters. The van der Waals surface area contributed by atoms with Crippen molar-refractivity contribution in [1.82, 2.24) is 10.2 Å². The summed E-state index contributed by atoms with van der Waals surface area (Å²) in [7, 11) is 3.09. The van der Waals surface area contributed by atoms with E-state index in [9.17, 15) is 9.59 Å². The Labute approximate surface area is 184 Å². The summed E-state index contributed by atoms with van der Waals surface area (Å²) >= 11 is 0.